The van der Waals surface area contributed by atoms with E-state index in [0.29, 0.717) is 25.7 Å². The van der Waals surface area contributed by atoms with Gasteiger partial charge in [-0.25, -0.2) is 9.13 Å². The lowest BCUT2D eigenvalue weighted by atomic mass is 10.0. The van der Waals surface area contributed by atoms with Gasteiger partial charge in [0.25, 0.3) is 0 Å². The number of phosphoric acid groups is 2. The molecule has 0 spiro atoms. The number of ether oxygens (including phenoxy) is 4. The largest absolute Gasteiger partial charge is 0.472 e. The first kappa shape index (κ1) is 92.1. The van der Waals surface area contributed by atoms with Crippen molar-refractivity contribution < 1.29 is 80.2 Å². The number of unbranched alkanes of at least 4 members (excludes halogenated alkanes) is 41. The van der Waals surface area contributed by atoms with Crippen LogP contribution in [-0.4, -0.2) is 96.7 Å². The quantitative estimate of drug-likeness (QED) is 0.0222. The van der Waals surface area contributed by atoms with E-state index in [0.717, 1.165) is 108 Å². The summed E-state index contributed by atoms with van der Waals surface area (Å²) in [6.07, 6.45) is 51.2. The Morgan fingerprint density at radius 2 is 0.489 bits per heavy atom. The van der Waals surface area contributed by atoms with Crippen LogP contribution in [0.1, 0.15) is 382 Å². The van der Waals surface area contributed by atoms with E-state index in [4.69, 9.17) is 37.0 Å². The molecule has 17 nitrogen and oxygen atoms in total. The van der Waals surface area contributed by atoms with Crippen molar-refractivity contribution in [1.82, 2.24) is 0 Å². The normalized spacial score (nSPS) is 14.1. The smallest absolute Gasteiger partial charge is 0.462 e. The van der Waals surface area contributed by atoms with Crippen molar-refractivity contribution >= 4 is 39.5 Å². The molecule has 0 aliphatic heterocycles. The van der Waals surface area contributed by atoms with Gasteiger partial charge in [0.15, 0.2) is 12.2 Å². The average molecular weight is 1380 g/mol. The number of carbonyl (C=O) groups excluding carboxylic acids is 4. The fraction of sp³-hybridized carbons (Fsp3) is 0.947. The molecule has 0 amide bonds. The van der Waals surface area contributed by atoms with E-state index in [-0.39, 0.29) is 25.7 Å². The summed E-state index contributed by atoms with van der Waals surface area (Å²) in [6, 6.07) is 0. The third-order valence-electron chi connectivity index (χ3n) is 17.4. The minimum Gasteiger partial charge on any atom is -0.462 e. The van der Waals surface area contributed by atoms with Crippen molar-refractivity contribution in [3.8, 4) is 0 Å². The van der Waals surface area contributed by atoms with E-state index in [9.17, 15) is 43.2 Å². The van der Waals surface area contributed by atoms with Gasteiger partial charge in [0.05, 0.1) is 26.4 Å². The van der Waals surface area contributed by atoms with Crippen LogP contribution in [0.25, 0.3) is 0 Å². The minimum atomic E-state index is -4.96. The Morgan fingerprint density at radius 3 is 0.723 bits per heavy atom. The van der Waals surface area contributed by atoms with Gasteiger partial charge in [-0.2, -0.15) is 0 Å². The lowest BCUT2D eigenvalue weighted by molar-refractivity contribution is -0.161. The number of esters is 4. The molecule has 0 aliphatic carbocycles. The van der Waals surface area contributed by atoms with Crippen LogP contribution in [0.4, 0.5) is 0 Å². The summed E-state index contributed by atoms with van der Waals surface area (Å²) in [5, 5.41) is 10.6. The molecule has 0 radical (unpaired) electrons. The number of phosphoric ester groups is 2. The Morgan fingerprint density at radius 1 is 0.287 bits per heavy atom. The Kier molecular flexibility index (Phi) is 64.3. The Bertz CT molecular complexity index is 1840. The zero-order valence-corrected chi connectivity index (χ0v) is 63.2. The molecule has 0 aromatic rings. The molecule has 0 aromatic heterocycles. The van der Waals surface area contributed by atoms with Crippen molar-refractivity contribution in [1.29, 1.82) is 0 Å². The molecule has 0 heterocycles. The number of hydrogen-bond acceptors (Lipinski definition) is 15. The molecule has 0 aliphatic rings. The highest BCUT2D eigenvalue weighted by Crippen LogP contribution is 2.45. The number of carbonyl (C=O) groups is 4. The fourth-order valence-electron chi connectivity index (χ4n) is 11.4. The van der Waals surface area contributed by atoms with Crippen molar-refractivity contribution in [2.45, 2.75) is 401 Å². The van der Waals surface area contributed by atoms with E-state index in [1.165, 1.54) is 193 Å². The van der Waals surface area contributed by atoms with Gasteiger partial charge < -0.3 is 33.8 Å². The summed E-state index contributed by atoms with van der Waals surface area (Å²) in [7, 11) is -9.91. The minimum absolute atomic E-state index is 0.105. The van der Waals surface area contributed by atoms with E-state index in [1.807, 2.05) is 0 Å². The third-order valence-corrected chi connectivity index (χ3v) is 19.3. The maximum atomic E-state index is 13.1. The highest BCUT2D eigenvalue weighted by Gasteiger charge is 2.30. The van der Waals surface area contributed by atoms with E-state index in [2.05, 4.69) is 48.5 Å². The second-order valence-electron chi connectivity index (χ2n) is 28.5. The number of rotatable bonds is 73. The Labute approximate surface area is 575 Å². The highest BCUT2D eigenvalue weighted by atomic mass is 31.2. The molecule has 5 atom stereocenters. The molecular weight excluding hydrogens is 1230 g/mol. The van der Waals surface area contributed by atoms with Crippen LogP contribution >= 0.6 is 15.6 Å². The van der Waals surface area contributed by atoms with Crippen LogP contribution in [0.15, 0.2) is 0 Å². The SMILES string of the molecule is CCCCCCCCCCCCCCCCC(=O)OC[C@H](COP(=O)(O)OC[C@@H](O)COP(=O)(O)OC[C@@H](COC(=O)CCCCCCCCCCCC(C)C)OC(=O)CCCCCCCCCCCCC(C)C)OC(=O)CCCCCCCCCCCCCCC(C)C. The van der Waals surface area contributed by atoms with Crippen molar-refractivity contribution in [2.75, 3.05) is 39.6 Å². The van der Waals surface area contributed by atoms with Crippen molar-refractivity contribution in [3.05, 3.63) is 0 Å². The first-order chi connectivity index (χ1) is 45.2. The Balaban J connectivity index is 5.27. The van der Waals surface area contributed by atoms with Crippen LogP contribution in [0.2, 0.25) is 0 Å². The summed E-state index contributed by atoms with van der Waals surface area (Å²) in [6.45, 7) is 11.9. The number of aliphatic hydroxyl groups is 1. The summed E-state index contributed by atoms with van der Waals surface area (Å²) >= 11 is 0. The summed E-state index contributed by atoms with van der Waals surface area (Å²) in [5.41, 5.74) is 0. The monoisotopic (exact) mass is 1380 g/mol. The molecule has 0 fully saturated rings. The van der Waals surface area contributed by atoms with Gasteiger partial charge in [0.1, 0.15) is 19.3 Å². The second kappa shape index (κ2) is 65.7. The van der Waals surface area contributed by atoms with Crippen LogP contribution in [0.5, 0.6) is 0 Å². The zero-order chi connectivity index (χ0) is 69.4. The lowest BCUT2D eigenvalue weighted by Gasteiger charge is -2.21. The van der Waals surface area contributed by atoms with Crippen molar-refractivity contribution in [3.63, 3.8) is 0 Å². The molecule has 0 rings (SSSR count). The second-order valence-corrected chi connectivity index (χ2v) is 31.4. The van der Waals surface area contributed by atoms with Gasteiger partial charge in [0.2, 0.25) is 0 Å². The van der Waals surface area contributed by atoms with Gasteiger partial charge in [-0.05, 0) is 43.4 Å². The number of aliphatic hydroxyl groups excluding tert-OH is 1. The van der Waals surface area contributed by atoms with Crippen molar-refractivity contribution in [2.24, 2.45) is 17.8 Å². The third kappa shape index (κ3) is 68.6. The molecule has 0 bridgehead atoms. The lowest BCUT2D eigenvalue weighted by Crippen LogP contribution is -2.30. The molecule has 558 valence electrons. The molecule has 19 heteroatoms. The predicted molar refractivity (Wildman–Crippen MR) is 381 cm³/mol. The first-order valence-corrected chi connectivity index (χ1v) is 41.8. The molecule has 2 unspecified atom stereocenters. The summed E-state index contributed by atoms with van der Waals surface area (Å²) < 4.78 is 68.5. The van der Waals surface area contributed by atoms with Gasteiger partial charge in [0, 0.05) is 25.7 Å². The molecule has 0 aromatic carbocycles. The fourth-order valence-corrected chi connectivity index (χ4v) is 13.0. The first-order valence-electron chi connectivity index (χ1n) is 38.8. The maximum absolute atomic E-state index is 13.1. The van der Waals surface area contributed by atoms with Crippen LogP contribution in [0, 0.1) is 17.8 Å². The van der Waals surface area contributed by atoms with E-state index < -0.39 is 97.5 Å². The maximum Gasteiger partial charge on any atom is 0.472 e. The number of hydrogen-bond donors (Lipinski definition) is 3. The average Bonchev–Trinajstić information content (AvgIpc) is 1.40. The highest BCUT2D eigenvalue weighted by molar-refractivity contribution is 7.47. The molecule has 0 saturated carbocycles. The molecule has 0 saturated heterocycles. The van der Waals surface area contributed by atoms with Crippen LogP contribution < -0.4 is 0 Å². The Hall–Kier alpha value is -1.94. The summed E-state index contributed by atoms with van der Waals surface area (Å²) in [5.74, 6) is 0.155. The van der Waals surface area contributed by atoms with Crippen LogP contribution in [-0.2, 0) is 65.4 Å². The van der Waals surface area contributed by atoms with Gasteiger partial charge >= 0.3 is 39.5 Å². The van der Waals surface area contributed by atoms with Gasteiger partial charge in [-0.1, -0.05) is 331 Å². The topological polar surface area (TPSA) is 237 Å². The van der Waals surface area contributed by atoms with Crippen LogP contribution in [0.3, 0.4) is 0 Å². The zero-order valence-electron chi connectivity index (χ0n) is 61.4. The van der Waals surface area contributed by atoms with E-state index >= 15 is 0 Å². The van der Waals surface area contributed by atoms with E-state index in [1.54, 1.807) is 0 Å². The molecule has 94 heavy (non-hydrogen) atoms. The summed E-state index contributed by atoms with van der Waals surface area (Å²) in [4.78, 5) is 72.8. The van der Waals surface area contributed by atoms with Gasteiger partial charge in [-0.15, -0.1) is 0 Å². The van der Waals surface area contributed by atoms with Gasteiger partial charge in [-0.3, -0.25) is 37.3 Å². The molecule has 3 N–H and O–H groups in total. The standard InChI is InChI=1S/C75H146O17P2/c1-8-9-10-11-12-13-14-15-16-20-28-35-42-49-56-72(77)85-62-70(91-74(79)58-51-44-37-29-21-18-17-19-25-32-39-46-53-66(2)3)64-89-93(81,82)87-60-69(76)61-88-94(83,84)90-65-71(63-86-73(78)57-50-43-36-31-24-27-34-41-48-55-68(6)7)92-75(80)59-52-45-38-30-23-22-26-33-40-47-54-67(4)5/h66-71,76H,8-65H2,1-7H3,(H,81,82)(H,83,84)/t69-,70-,71-/m1/s1. The predicted octanol–water partition coefficient (Wildman–Crippen LogP) is 21.8. The molecular formula is C75H146O17P2.